The number of hydrogen-bond acceptors (Lipinski definition) is 3. The van der Waals surface area contributed by atoms with E-state index in [1.807, 2.05) is 24.4 Å². The van der Waals surface area contributed by atoms with Crippen LogP contribution in [0.25, 0.3) is 16.8 Å². The Hall–Kier alpha value is -3.14. The highest BCUT2D eigenvalue weighted by atomic mass is 16.5. The molecule has 4 nitrogen and oxygen atoms in total. The van der Waals surface area contributed by atoms with E-state index in [-0.39, 0.29) is 11.9 Å². The standard InChI is InChI=1S/C29H36N2O2/c1-4-6-14-25-23(20-28(33-3)27-16-8-7-15-26(25)27)17-18-29(32)31-24(5-2)13-9-11-22-12-10-19-30-21-22/h7-8,10,12,15-21,24H,4-6,9,11,13-14H2,1-3H3,(H,31,32)/b18-17+. The van der Waals surface area contributed by atoms with Gasteiger partial charge in [0, 0.05) is 29.9 Å². The smallest absolute Gasteiger partial charge is 0.244 e. The summed E-state index contributed by atoms with van der Waals surface area (Å²) in [4.78, 5) is 16.9. The Kier molecular flexibility index (Phi) is 9.49. The first-order chi connectivity index (χ1) is 16.2. The van der Waals surface area contributed by atoms with E-state index >= 15 is 0 Å². The number of amides is 1. The highest BCUT2D eigenvalue weighted by Crippen LogP contribution is 2.33. The number of fused-ring (bicyclic) bond motifs is 1. The number of benzene rings is 2. The van der Waals surface area contributed by atoms with Gasteiger partial charge in [-0.05, 0) is 78.8 Å². The predicted molar refractivity (Wildman–Crippen MR) is 138 cm³/mol. The summed E-state index contributed by atoms with van der Waals surface area (Å²) in [5.41, 5.74) is 3.57. The Bertz CT molecular complexity index is 1060. The molecule has 1 aromatic heterocycles. The summed E-state index contributed by atoms with van der Waals surface area (Å²) in [6.45, 7) is 4.32. The van der Waals surface area contributed by atoms with Crippen LogP contribution >= 0.6 is 0 Å². The summed E-state index contributed by atoms with van der Waals surface area (Å²) >= 11 is 0. The lowest BCUT2D eigenvalue weighted by Crippen LogP contribution is -2.33. The second-order valence-corrected chi connectivity index (χ2v) is 8.50. The van der Waals surface area contributed by atoms with Crippen LogP contribution < -0.4 is 10.1 Å². The van der Waals surface area contributed by atoms with Crippen LogP contribution in [0.3, 0.4) is 0 Å². The molecule has 33 heavy (non-hydrogen) atoms. The zero-order valence-electron chi connectivity index (χ0n) is 20.1. The van der Waals surface area contributed by atoms with Crippen LogP contribution in [0.1, 0.15) is 62.6 Å². The molecule has 0 saturated heterocycles. The number of unbranched alkanes of at least 4 members (excludes halogenated alkanes) is 1. The average molecular weight is 445 g/mol. The summed E-state index contributed by atoms with van der Waals surface area (Å²) in [7, 11) is 1.70. The van der Waals surface area contributed by atoms with Gasteiger partial charge in [0.2, 0.25) is 5.91 Å². The molecule has 1 atom stereocenters. The average Bonchev–Trinajstić information content (AvgIpc) is 2.86. The van der Waals surface area contributed by atoms with E-state index in [9.17, 15) is 4.79 Å². The topological polar surface area (TPSA) is 51.2 Å². The molecule has 1 heterocycles. The molecule has 0 radical (unpaired) electrons. The molecule has 0 bridgehead atoms. The molecule has 1 amide bonds. The fourth-order valence-electron chi connectivity index (χ4n) is 4.26. The van der Waals surface area contributed by atoms with Gasteiger partial charge < -0.3 is 10.1 Å². The fraction of sp³-hybridized carbons (Fsp3) is 0.379. The zero-order chi connectivity index (χ0) is 23.5. The van der Waals surface area contributed by atoms with E-state index in [2.05, 4.69) is 54.5 Å². The molecule has 0 aliphatic heterocycles. The maximum Gasteiger partial charge on any atom is 0.244 e. The van der Waals surface area contributed by atoms with Crippen molar-refractivity contribution in [2.75, 3.05) is 7.11 Å². The first kappa shape index (κ1) is 24.5. The summed E-state index contributed by atoms with van der Waals surface area (Å²) in [6, 6.07) is 14.6. The van der Waals surface area contributed by atoms with Crippen LogP contribution in [-0.4, -0.2) is 24.0 Å². The van der Waals surface area contributed by atoms with E-state index in [0.29, 0.717) is 0 Å². The molecule has 0 saturated carbocycles. The number of aromatic nitrogens is 1. The van der Waals surface area contributed by atoms with Gasteiger partial charge in [0.05, 0.1) is 7.11 Å². The minimum Gasteiger partial charge on any atom is -0.496 e. The molecular formula is C29H36N2O2. The Morgan fingerprint density at radius 1 is 1.09 bits per heavy atom. The number of methoxy groups -OCH3 is 1. The van der Waals surface area contributed by atoms with Crippen molar-refractivity contribution in [2.45, 2.75) is 64.8 Å². The lowest BCUT2D eigenvalue weighted by molar-refractivity contribution is -0.117. The number of aryl methyl sites for hydroxylation is 2. The first-order valence-electron chi connectivity index (χ1n) is 12.1. The third-order valence-corrected chi connectivity index (χ3v) is 6.15. The van der Waals surface area contributed by atoms with Crippen molar-refractivity contribution in [3.63, 3.8) is 0 Å². The Morgan fingerprint density at radius 2 is 1.91 bits per heavy atom. The summed E-state index contributed by atoms with van der Waals surface area (Å²) in [5.74, 6) is 0.796. The van der Waals surface area contributed by atoms with Crippen LogP contribution in [0, 0.1) is 0 Å². The molecule has 1 unspecified atom stereocenters. The Morgan fingerprint density at radius 3 is 2.61 bits per heavy atom. The molecule has 1 N–H and O–H groups in total. The van der Waals surface area contributed by atoms with E-state index in [1.165, 1.54) is 16.5 Å². The minimum atomic E-state index is -0.0446. The highest BCUT2D eigenvalue weighted by Gasteiger charge is 2.12. The van der Waals surface area contributed by atoms with Crippen molar-refractivity contribution in [3.05, 3.63) is 77.6 Å². The number of pyridine rings is 1. The van der Waals surface area contributed by atoms with Crippen molar-refractivity contribution in [2.24, 2.45) is 0 Å². The number of ether oxygens (including phenoxy) is 1. The number of nitrogens with zero attached hydrogens (tertiary/aromatic N) is 1. The van der Waals surface area contributed by atoms with Crippen LogP contribution in [0.15, 0.2) is 60.9 Å². The molecule has 3 aromatic rings. The normalized spacial score (nSPS) is 12.2. The van der Waals surface area contributed by atoms with Gasteiger partial charge in [-0.2, -0.15) is 0 Å². The van der Waals surface area contributed by atoms with E-state index in [1.54, 1.807) is 19.4 Å². The molecule has 0 aliphatic carbocycles. The lowest BCUT2D eigenvalue weighted by atomic mass is 9.94. The third kappa shape index (κ3) is 6.92. The van der Waals surface area contributed by atoms with Gasteiger partial charge in [-0.1, -0.05) is 50.6 Å². The molecule has 0 aliphatic rings. The van der Waals surface area contributed by atoms with Gasteiger partial charge >= 0.3 is 0 Å². The van der Waals surface area contributed by atoms with Gasteiger partial charge in [0.1, 0.15) is 5.75 Å². The Labute approximate surface area is 198 Å². The van der Waals surface area contributed by atoms with Crippen molar-refractivity contribution in [1.82, 2.24) is 10.3 Å². The summed E-state index contributed by atoms with van der Waals surface area (Å²) in [6.07, 6.45) is 14.4. The number of rotatable bonds is 12. The molecule has 4 heteroatoms. The van der Waals surface area contributed by atoms with E-state index in [4.69, 9.17) is 4.74 Å². The van der Waals surface area contributed by atoms with E-state index in [0.717, 1.165) is 61.6 Å². The van der Waals surface area contributed by atoms with Crippen LogP contribution in [0.5, 0.6) is 5.75 Å². The van der Waals surface area contributed by atoms with Crippen molar-refractivity contribution < 1.29 is 9.53 Å². The fourth-order valence-corrected chi connectivity index (χ4v) is 4.26. The number of carbonyl (C=O) groups is 1. The van der Waals surface area contributed by atoms with Gasteiger partial charge in [0.25, 0.3) is 0 Å². The molecule has 174 valence electrons. The molecular weight excluding hydrogens is 408 g/mol. The molecule has 0 spiro atoms. The SMILES string of the molecule is CCCCc1c(/C=C/C(=O)NC(CC)CCCc2cccnc2)cc(OC)c2ccccc12. The zero-order valence-corrected chi connectivity index (χ0v) is 20.1. The van der Waals surface area contributed by atoms with Crippen LogP contribution in [0.2, 0.25) is 0 Å². The second kappa shape index (κ2) is 12.8. The van der Waals surface area contributed by atoms with Crippen molar-refractivity contribution >= 4 is 22.8 Å². The molecule has 2 aromatic carbocycles. The third-order valence-electron chi connectivity index (χ3n) is 6.15. The van der Waals surface area contributed by atoms with Crippen LogP contribution in [-0.2, 0) is 17.6 Å². The van der Waals surface area contributed by atoms with Crippen molar-refractivity contribution in [3.8, 4) is 5.75 Å². The van der Waals surface area contributed by atoms with Gasteiger partial charge in [-0.25, -0.2) is 0 Å². The number of carbonyl (C=O) groups excluding carboxylic acids is 1. The largest absolute Gasteiger partial charge is 0.496 e. The first-order valence-corrected chi connectivity index (χ1v) is 12.1. The minimum absolute atomic E-state index is 0.0446. The predicted octanol–water partition coefficient (Wildman–Crippen LogP) is 6.52. The molecule has 3 rings (SSSR count). The maximum atomic E-state index is 12.7. The van der Waals surface area contributed by atoms with Gasteiger partial charge in [-0.15, -0.1) is 0 Å². The van der Waals surface area contributed by atoms with Gasteiger partial charge in [0.15, 0.2) is 0 Å². The monoisotopic (exact) mass is 444 g/mol. The number of nitrogens with one attached hydrogen (secondary N) is 1. The van der Waals surface area contributed by atoms with Gasteiger partial charge in [-0.3, -0.25) is 9.78 Å². The summed E-state index contributed by atoms with van der Waals surface area (Å²) < 4.78 is 5.66. The second-order valence-electron chi connectivity index (χ2n) is 8.50. The molecule has 0 fully saturated rings. The van der Waals surface area contributed by atoms with Crippen molar-refractivity contribution in [1.29, 1.82) is 0 Å². The highest BCUT2D eigenvalue weighted by molar-refractivity contribution is 5.96. The lowest BCUT2D eigenvalue weighted by Gasteiger charge is -2.16. The maximum absolute atomic E-state index is 12.7. The van der Waals surface area contributed by atoms with E-state index < -0.39 is 0 Å². The quantitative estimate of drug-likeness (QED) is 0.324. The number of hydrogen-bond donors (Lipinski definition) is 1. The summed E-state index contributed by atoms with van der Waals surface area (Å²) in [5, 5.41) is 5.50. The Balaban J connectivity index is 1.70. The van der Waals surface area contributed by atoms with Crippen LogP contribution in [0.4, 0.5) is 0 Å².